The van der Waals surface area contributed by atoms with Crippen molar-refractivity contribution >= 4 is 71.5 Å². The van der Waals surface area contributed by atoms with E-state index in [4.69, 9.17) is 16.0 Å². The fourth-order valence-electron chi connectivity index (χ4n) is 3.30. The molecular weight excluding hydrogens is 562 g/mol. The molecule has 0 bridgehead atoms. The van der Waals surface area contributed by atoms with Crippen molar-refractivity contribution in [2.75, 3.05) is 0 Å². The first-order valence-electron chi connectivity index (χ1n) is 9.34. The van der Waals surface area contributed by atoms with Crippen molar-refractivity contribution in [1.29, 1.82) is 0 Å². The standard InChI is InChI=1S/C23H12Br2ClN3O3/c24-16-7-12(8-17(25)21(16)30)11-27-29-22(28-18-4-2-1-3-15(18)23(29)31)20-10-13-9-14(26)5-6-19(13)32-20/h1-11,30H. The molecule has 0 unspecified atom stereocenters. The van der Waals surface area contributed by atoms with Crippen molar-refractivity contribution < 1.29 is 9.52 Å². The van der Waals surface area contributed by atoms with E-state index in [1.807, 2.05) is 6.07 Å². The Kier molecular flexibility index (Phi) is 5.36. The Bertz CT molecular complexity index is 1590. The highest BCUT2D eigenvalue weighted by molar-refractivity contribution is 9.11. The lowest BCUT2D eigenvalue weighted by atomic mass is 10.2. The molecule has 0 atom stereocenters. The summed E-state index contributed by atoms with van der Waals surface area (Å²) in [5.41, 5.74) is 1.47. The molecule has 0 aliphatic heterocycles. The smallest absolute Gasteiger partial charge is 0.282 e. The molecule has 2 heterocycles. The summed E-state index contributed by atoms with van der Waals surface area (Å²) in [6, 6.07) is 17.5. The molecule has 2 aromatic heterocycles. The molecule has 0 saturated carbocycles. The van der Waals surface area contributed by atoms with Crippen LogP contribution >= 0.6 is 43.5 Å². The lowest BCUT2D eigenvalue weighted by Crippen LogP contribution is -2.20. The molecule has 6 nitrogen and oxygen atoms in total. The van der Waals surface area contributed by atoms with Gasteiger partial charge in [-0.25, -0.2) is 4.98 Å². The maximum Gasteiger partial charge on any atom is 0.282 e. The van der Waals surface area contributed by atoms with Crippen molar-refractivity contribution in [3.8, 4) is 17.3 Å². The van der Waals surface area contributed by atoms with E-state index in [1.165, 1.54) is 10.9 Å². The number of hydrogen-bond donors (Lipinski definition) is 1. The van der Waals surface area contributed by atoms with Crippen LogP contribution in [0.2, 0.25) is 5.02 Å². The van der Waals surface area contributed by atoms with Crippen molar-refractivity contribution in [2.45, 2.75) is 0 Å². The number of phenols is 1. The molecule has 5 rings (SSSR count). The highest BCUT2D eigenvalue weighted by Crippen LogP contribution is 2.33. The number of fused-ring (bicyclic) bond motifs is 2. The Labute approximate surface area is 203 Å². The largest absolute Gasteiger partial charge is 0.506 e. The van der Waals surface area contributed by atoms with Gasteiger partial charge in [0, 0.05) is 10.4 Å². The van der Waals surface area contributed by atoms with Crippen LogP contribution < -0.4 is 5.56 Å². The zero-order valence-corrected chi connectivity index (χ0v) is 20.0. The number of halogens is 3. The molecule has 1 N–H and O–H groups in total. The number of nitrogens with zero attached hydrogens (tertiary/aromatic N) is 3. The van der Waals surface area contributed by atoms with Crippen LogP contribution in [0.4, 0.5) is 0 Å². The first-order chi connectivity index (χ1) is 15.4. The molecule has 158 valence electrons. The highest BCUT2D eigenvalue weighted by atomic mass is 79.9. The Balaban J connectivity index is 1.73. The molecule has 0 fully saturated rings. The first kappa shape index (κ1) is 20.9. The Morgan fingerprint density at radius 3 is 2.59 bits per heavy atom. The first-order valence-corrected chi connectivity index (χ1v) is 11.3. The zero-order chi connectivity index (χ0) is 22.4. The molecule has 5 aromatic rings. The summed E-state index contributed by atoms with van der Waals surface area (Å²) in [4.78, 5) is 17.9. The van der Waals surface area contributed by atoms with Crippen LogP contribution in [-0.2, 0) is 0 Å². The average Bonchev–Trinajstić information content (AvgIpc) is 3.19. The van der Waals surface area contributed by atoms with Crippen LogP contribution in [0.25, 0.3) is 33.5 Å². The molecule has 0 saturated heterocycles. The maximum atomic E-state index is 13.3. The van der Waals surface area contributed by atoms with Gasteiger partial charge in [0.05, 0.1) is 26.1 Å². The minimum absolute atomic E-state index is 0.0771. The van der Waals surface area contributed by atoms with Crippen molar-refractivity contribution in [3.63, 3.8) is 0 Å². The molecule has 32 heavy (non-hydrogen) atoms. The molecule has 0 aliphatic rings. The second kappa shape index (κ2) is 8.20. The van der Waals surface area contributed by atoms with E-state index in [-0.39, 0.29) is 17.1 Å². The predicted octanol–water partition coefficient (Wildman–Crippen LogP) is 6.58. The van der Waals surface area contributed by atoms with Crippen LogP contribution in [0, 0.1) is 0 Å². The molecule has 3 aromatic carbocycles. The van der Waals surface area contributed by atoms with Gasteiger partial charge >= 0.3 is 0 Å². The van der Waals surface area contributed by atoms with Crippen LogP contribution in [0.1, 0.15) is 5.56 Å². The van der Waals surface area contributed by atoms with Gasteiger partial charge in [-0.05, 0) is 86.0 Å². The summed E-state index contributed by atoms with van der Waals surface area (Å²) in [5.74, 6) is 0.720. The summed E-state index contributed by atoms with van der Waals surface area (Å²) < 4.78 is 8.15. The quantitative estimate of drug-likeness (QED) is 0.248. The molecular formula is C23H12Br2ClN3O3. The van der Waals surface area contributed by atoms with E-state index in [1.54, 1.807) is 54.6 Å². The lowest BCUT2D eigenvalue weighted by molar-refractivity contribution is 0.468. The van der Waals surface area contributed by atoms with Crippen LogP contribution in [0.3, 0.4) is 0 Å². The van der Waals surface area contributed by atoms with E-state index >= 15 is 0 Å². The van der Waals surface area contributed by atoms with Crippen molar-refractivity contribution in [2.24, 2.45) is 5.10 Å². The van der Waals surface area contributed by atoms with Crippen LogP contribution in [0.15, 0.2) is 83.9 Å². The third kappa shape index (κ3) is 3.74. The number of benzene rings is 3. The average molecular weight is 574 g/mol. The summed E-state index contributed by atoms with van der Waals surface area (Å²) in [6.07, 6.45) is 1.51. The SMILES string of the molecule is O=c1c2ccccc2nc(-c2cc3cc(Cl)ccc3o2)n1N=Cc1cc(Br)c(O)c(Br)c1. The van der Waals surface area contributed by atoms with E-state index in [0.717, 1.165) is 5.39 Å². The summed E-state index contributed by atoms with van der Waals surface area (Å²) in [6.45, 7) is 0. The van der Waals surface area contributed by atoms with E-state index < -0.39 is 0 Å². The third-order valence-electron chi connectivity index (χ3n) is 4.81. The maximum absolute atomic E-state index is 13.3. The van der Waals surface area contributed by atoms with Crippen LogP contribution in [0.5, 0.6) is 5.75 Å². The Hall–Kier alpha value is -2.94. The second-order valence-electron chi connectivity index (χ2n) is 6.94. The number of furan rings is 1. The van der Waals surface area contributed by atoms with Gasteiger partial charge in [0.2, 0.25) is 5.82 Å². The van der Waals surface area contributed by atoms with Gasteiger partial charge in [0.15, 0.2) is 5.76 Å². The van der Waals surface area contributed by atoms with E-state index in [0.29, 0.717) is 41.8 Å². The Morgan fingerprint density at radius 1 is 1.06 bits per heavy atom. The molecule has 9 heteroatoms. The van der Waals surface area contributed by atoms with Crippen molar-refractivity contribution in [3.05, 3.63) is 90.5 Å². The summed E-state index contributed by atoms with van der Waals surface area (Å²) in [7, 11) is 0. The zero-order valence-electron chi connectivity index (χ0n) is 16.1. The van der Waals surface area contributed by atoms with E-state index in [9.17, 15) is 9.90 Å². The number of aromatic hydroxyl groups is 1. The summed E-state index contributed by atoms with van der Waals surface area (Å²) >= 11 is 12.7. The normalized spacial score (nSPS) is 11.7. The number of hydrogen-bond acceptors (Lipinski definition) is 5. The van der Waals surface area contributed by atoms with Gasteiger partial charge in [-0.3, -0.25) is 4.79 Å². The fourth-order valence-corrected chi connectivity index (χ4v) is 4.70. The van der Waals surface area contributed by atoms with Gasteiger partial charge < -0.3 is 9.52 Å². The van der Waals surface area contributed by atoms with Gasteiger partial charge in [-0.1, -0.05) is 23.7 Å². The topological polar surface area (TPSA) is 80.6 Å². The van der Waals surface area contributed by atoms with Gasteiger partial charge in [-0.2, -0.15) is 9.78 Å². The van der Waals surface area contributed by atoms with E-state index in [2.05, 4.69) is 41.9 Å². The van der Waals surface area contributed by atoms with Crippen molar-refractivity contribution in [1.82, 2.24) is 9.66 Å². The predicted molar refractivity (Wildman–Crippen MR) is 133 cm³/mol. The van der Waals surface area contributed by atoms with Gasteiger partial charge in [0.25, 0.3) is 5.56 Å². The molecule has 0 radical (unpaired) electrons. The minimum atomic E-state index is -0.336. The number of phenolic OH excluding ortho intramolecular Hbond substituents is 1. The monoisotopic (exact) mass is 571 g/mol. The third-order valence-corrected chi connectivity index (χ3v) is 6.26. The highest BCUT2D eigenvalue weighted by Gasteiger charge is 2.16. The number of aromatic nitrogens is 2. The lowest BCUT2D eigenvalue weighted by Gasteiger charge is -2.07. The number of rotatable bonds is 3. The minimum Gasteiger partial charge on any atom is -0.506 e. The Morgan fingerprint density at radius 2 is 1.81 bits per heavy atom. The summed E-state index contributed by atoms with van der Waals surface area (Å²) in [5, 5.41) is 16.1. The fraction of sp³-hybridized carbons (Fsp3) is 0. The van der Waals surface area contributed by atoms with Crippen LogP contribution in [-0.4, -0.2) is 21.0 Å². The van der Waals surface area contributed by atoms with Gasteiger partial charge in [0.1, 0.15) is 11.3 Å². The number of para-hydroxylation sites is 1. The molecule has 0 aliphatic carbocycles. The molecule has 0 spiro atoms. The second-order valence-corrected chi connectivity index (χ2v) is 9.09. The van der Waals surface area contributed by atoms with Gasteiger partial charge in [-0.15, -0.1) is 0 Å². The molecule has 0 amide bonds.